The standard InChI is InChI=1S/C22H23N3O5S/c1-16-21(17(2)30-23-16)31(27,28)25-14-12-24(13-15-25)22(26)19-10-6-7-11-20(19)29-18-8-4-3-5-9-18/h3-11H,12-15H2,1-2H3. The molecule has 2 heterocycles. The maximum absolute atomic E-state index is 13.2. The molecule has 0 N–H and O–H groups in total. The van der Waals surface area contributed by atoms with Gasteiger partial charge >= 0.3 is 0 Å². The minimum absolute atomic E-state index is 0.105. The van der Waals surface area contributed by atoms with Crippen molar-refractivity contribution in [2.24, 2.45) is 0 Å². The maximum Gasteiger partial charge on any atom is 0.257 e. The highest BCUT2D eigenvalue weighted by Gasteiger charge is 2.34. The summed E-state index contributed by atoms with van der Waals surface area (Å²) >= 11 is 0. The average molecular weight is 442 g/mol. The van der Waals surface area contributed by atoms with Crippen LogP contribution >= 0.6 is 0 Å². The molecule has 1 saturated heterocycles. The average Bonchev–Trinajstić information content (AvgIpc) is 3.13. The third-order valence-electron chi connectivity index (χ3n) is 5.18. The number of nitrogens with zero attached hydrogens (tertiary/aromatic N) is 3. The van der Waals surface area contributed by atoms with Crippen LogP contribution in [0.2, 0.25) is 0 Å². The fourth-order valence-corrected chi connectivity index (χ4v) is 5.34. The van der Waals surface area contributed by atoms with E-state index < -0.39 is 10.0 Å². The van der Waals surface area contributed by atoms with Crippen LogP contribution in [-0.4, -0.2) is 54.9 Å². The van der Waals surface area contributed by atoms with Gasteiger partial charge in [-0.1, -0.05) is 35.5 Å². The highest BCUT2D eigenvalue weighted by molar-refractivity contribution is 7.89. The quantitative estimate of drug-likeness (QED) is 0.604. The highest BCUT2D eigenvalue weighted by atomic mass is 32.2. The van der Waals surface area contributed by atoms with Crippen LogP contribution in [0.1, 0.15) is 21.8 Å². The number of aromatic nitrogens is 1. The number of rotatable bonds is 5. The van der Waals surface area contributed by atoms with Gasteiger partial charge in [-0.25, -0.2) is 8.42 Å². The van der Waals surface area contributed by atoms with E-state index in [1.807, 2.05) is 36.4 Å². The summed E-state index contributed by atoms with van der Waals surface area (Å²) in [5.74, 6) is 1.17. The highest BCUT2D eigenvalue weighted by Crippen LogP contribution is 2.28. The Morgan fingerprint density at radius 1 is 0.968 bits per heavy atom. The van der Waals surface area contributed by atoms with Gasteiger partial charge in [0.25, 0.3) is 5.91 Å². The number of ether oxygens (including phenoxy) is 1. The Morgan fingerprint density at radius 2 is 1.61 bits per heavy atom. The Kier molecular flexibility index (Phi) is 5.79. The van der Waals surface area contributed by atoms with Gasteiger partial charge in [-0.15, -0.1) is 0 Å². The smallest absolute Gasteiger partial charge is 0.257 e. The number of carbonyl (C=O) groups excluding carboxylic acids is 1. The molecule has 0 saturated carbocycles. The van der Waals surface area contributed by atoms with Gasteiger partial charge in [0.1, 0.15) is 22.1 Å². The first-order valence-corrected chi connectivity index (χ1v) is 11.4. The van der Waals surface area contributed by atoms with Gasteiger partial charge in [-0.2, -0.15) is 4.31 Å². The van der Waals surface area contributed by atoms with Crippen molar-refractivity contribution < 1.29 is 22.5 Å². The molecule has 0 aliphatic carbocycles. The minimum Gasteiger partial charge on any atom is -0.457 e. The molecule has 1 fully saturated rings. The second kappa shape index (κ2) is 8.52. The number of piperazine rings is 1. The summed E-state index contributed by atoms with van der Waals surface area (Å²) in [6.07, 6.45) is 0. The molecular formula is C22H23N3O5S. The van der Waals surface area contributed by atoms with Crippen molar-refractivity contribution in [2.45, 2.75) is 18.7 Å². The second-order valence-electron chi connectivity index (χ2n) is 7.26. The van der Waals surface area contributed by atoms with Crippen LogP contribution in [0.25, 0.3) is 0 Å². The van der Waals surface area contributed by atoms with Gasteiger partial charge in [-0.05, 0) is 38.1 Å². The third-order valence-corrected chi connectivity index (χ3v) is 7.32. The van der Waals surface area contributed by atoms with Crippen molar-refractivity contribution in [3.63, 3.8) is 0 Å². The summed E-state index contributed by atoms with van der Waals surface area (Å²) < 4.78 is 38.3. The van der Waals surface area contributed by atoms with Crippen molar-refractivity contribution in [1.29, 1.82) is 0 Å². The zero-order valence-electron chi connectivity index (χ0n) is 17.3. The molecule has 4 rings (SSSR count). The summed E-state index contributed by atoms with van der Waals surface area (Å²) in [6, 6.07) is 16.3. The number of benzene rings is 2. The monoisotopic (exact) mass is 441 g/mol. The molecule has 162 valence electrons. The van der Waals surface area contributed by atoms with E-state index in [9.17, 15) is 13.2 Å². The summed E-state index contributed by atoms with van der Waals surface area (Å²) in [5, 5.41) is 3.74. The molecule has 0 atom stereocenters. The first kappa shape index (κ1) is 21.1. The molecule has 0 unspecified atom stereocenters. The van der Waals surface area contributed by atoms with E-state index in [1.54, 1.807) is 36.9 Å². The summed E-state index contributed by atoms with van der Waals surface area (Å²) in [7, 11) is -3.73. The lowest BCUT2D eigenvalue weighted by Gasteiger charge is -2.34. The Bertz CT molecular complexity index is 1160. The molecule has 9 heteroatoms. The molecule has 8 nitrogen and oxygen atoms in total. The maximum atomic E-state index is 13.2. The van der Waals surface area contributed by atoms with Crippen LogP contribution in [0.15, 0.2) is 64.0 Å². The Balaban J connectivity index is 1.48. The lowest BCUT2D eigenvalue weighted by Crippen LogP contribution is -2.50. The van der Waals surface area contributed by atoms with Gasteiger partial charge in [0.05, 0.1) is 5.56 Å². The van der Waals surface area contributed by atoms with E-state index in [-0.39, 0.29) is 42.7 Å². The Morgan fingerprint density at radius 3 is 2.26 bits per heavy atom. The first-order chi connectivity index (χ1) is 14.9. The van der Waals surface area contributed by atoms with E-state index >= 15 is 0 Å². The first-order valence-electron chi connectivity index (χ1n) is 9.92. The summed E-state index contributed by atoms with van der Waals surface area (Å²) in [5.41, 5.74) is 0.774. The predicted octanol–water partition coefficient (Wildman–Crippen LogP) is 3.23. The zero-order valence-corrected chi connectivity index (χ0v) is 18.1. The van der Waals surface area contributed by atoms with E-state index in [4.69, 9.17) is 9.26 Å². The molecule has 0 radical (unpaired) electrons. The molecule has 0 spiro atoms. The fraction of sp³-hybridized carbons (Fsp3) is 0.273. The third kappa shape index (κ3) is 4.19. The van der Waals surface area contributed by atoms with Crippen molar-refractivity contribution in [2.75, 3.05) is 26.2 Å². The van der Waals surface area contributed by atoms with Crippen LogP contribution in [0, 0.1) is 13.8 Å². The lowest BCUT2D eigenvalue weighted by atomic mass is 10.1. The number of hydrogen-bond acceptors (Lipinski definition) is 6. The molecule has 1 aliphatic heterocycles. The molecule has 1 amide bonds. The number of hydrogen-bond donors (Lipinski definition) is 0. The predicted molar refractivity (Wildman–Crippen MR) is 114 cm³/mol. The summed E-state index contributed by atoms with van der Waals surface area (Å²) in [4.78, 5) is 14.9. The van der Waals surface area contributed by atoms with Gasteiger partial charge in [0.15, 0.2) is 5.76 Å². The number of aryl methyl sites for hydroxylation is 2. The number of carbonyl (C=O) groups is 1. The Labute approximate surface area is 181 Å². The van der Waals surface area contributed by atoms with Crippen LogP contribution in [-0.2, 0) is 10.0 Å². The molecule has 0 bridgehead atoms. The number of amides is 1. The van der Waals surface area contributed by atoms with Crippen LogP contribution in [0.3, 0.4) is 0 Å². The van der Waals surface area contributed by atoms with Crippen LogP contribution in [0.5, 0.6) is 11.5 Å². The zero-order chi connectivity index (χ0) is 22.0. The lowest BCUT2D eigenvalue weighted by molar-refractivity contribution is 0.0695. The molecule has 3 aromatic rings. The normalized spacial score (nSPS) is 15.1. The van der Waals surface area contributed by atoms with Crippen molar-refractivity contribution in [1.82, 2.24) is 14.4 Å². The van der Waals surface area contributed by atoms with E-state index in [0.29, 0.717) is 22.8 Å². The van der Waals surface area contributed by atoms with Gasteiger partial charge in [0, 0.05) is 26.2 Å². The van der Waals surface area contributed by atoms with Crippen LogP contribution < -0.4 is 4.74 Å². The topological polar surface area (TPSA) is 93.0 Å². The van der Waals surface area contributed by atoms with E-state index in [0.717, 1.165) is 0 Å². The minimum atomic E-state index is -3.73. The van der Waals surface area contributed by atoms with Crippen molar-refractivity contribution >= 4 is 15.9 Å². The second-order valence-corrected chi connectivity index (χ2v) is 9.14. The molecular weight excluding hydrogens is 418 g/mol. The summed E-state index contributed by atoms with van der Waals surface area (Å²) in [6.45, 7) is 4.13. The molecule has 1 aromatic heterocycles. The Hall–Kier alpha value is -3.17. The van der Waals surface area contributed by atoms with E-state index in [2.05, 4.69) is 5.16 Å². The molecule has 1 aliphatic rings. The number of para-hydroxylation sites is 2. The largest absolute Gasteiger partial charge is 0.457 e. The van der Waals surface area contributed by atoms with Gasteiger partial charge in [-0.3, -0.25) is 4.79 Å². The van der Waals surface area contributed by atoms with Gasteiger partial charge in [0.2, 0.25) is 10.0 Å². The van der Waals surface area contributed by atoms with E-state index in [1.165, 1.54) is 4.31 Å². The van der Waals surface area contributed by atoms with Crippen molar-refractivity contribution in [3.05, 3.63) is 71.6 Å². The van der Waals surface area contributed by atoms with Crippen molar-refractivity contribution in [3.8, 4) is 11.5 Å². The number of sulfonamides is 1. The van der Waals surface area contributed by atoms with Gasteiger partial charge < -0.3 is 14.2 Å². The molecule has 2 aromatic carbocycles. The fourth-order valence-electron chi connectivity index (χ4n) is 3.62. The van der Waals surface area contributed by atoms with Crippen LogP contribution in [0.4, 0.5) is 0 Å². The molecule has 31 heavy (non-hydrogen) atoms. The SMILES string of the molecule is Cc1noc(C)c1S(=O)(=O)N1CCN(C(=O)c2ccccc2Oc2ccccc2)CC1.